The number of rotatable bonds is 5. The molecule has 9 heteroatoms. The summed E-state index contributed by atoms with van der Waals surface area (Å²) in [6.07, 6.45) is 3.08. The lowest BCUT2D eigenvalue weighted by Gasteiger charge is -2.28. The zero-order chi connectivity index (χ0) is 21.8. The monoisotopic (exact) mass is 524 g/mol. The van der Waals surface area contributed by atoms with E-state index in [-0.39, 0.29) is 10.8 Å². The fourth-order valence-corrected chi connectivity index (χ4v) is 6.38. The van der Waals surface area contributed by atoms with Gasteiger partial charge in [-0.15, -0.1) is 0 Å². The maximum Gasteiger partial charge on any atom is 0.255 e. The summed E-state index contributed by atoms with van der Waals surface area (Å²) < 4.78 is 34.1. The van der Waals surface area contributed by atoms with Crippen molar-refractivity contribution in [3.63, 3.8) is 0 Å². The Morgan fingerprint density at radius 1 is 0.935 bits per heavy atom. The Bertz CT molecular complexity index is 1030. The smallest absolute Gasteiger partial charge is 0.255 e. The largest absolute Gasteiger partial charge is 0.379 e. The Morgan fingerprint density at radius 3 is 2.29 bits per heavy atom. The second-order valence-corrected chi connectivity index (χ2v) is 11.6. The number of sulfonamides is 1. The topological polar surface area (TPSA) is 66.9 Å². The number of halogens is 1. The number of amides is 1. The number of nitrogens with zero attached hydrogens (tertiary/aromatic N) is 2. The first-order valence-corrected chi connectivity index (χ1v) is 13.4. The van der Waals surface area contributed by atoms with Crippen LogP contribution in [0.15, 0.2) is 61.6 Å². The molecular weight excluding hydrogens is 500 g/mol. The van der Waals surface area contributed by atoms with Gasteiger partial charge in [0.15, 0.2) is 0 Å². The second kappa shape index (κ2) is 10.0. The van der Waals surface area contributed by atoms with E-state index in [1.807, 2.05) is 29.2 Å². The van der Waals surface area contributed by atoms with E-state index in [2.05, 4.69) is 15.9 Å². The summed E-state index contributed by atoms with van der Waals surface area (Å²) in [4.78, 5) is 17.2. The van der Waals surface area contributed by atoms with Gasteiger partial charge in [-0.05, 0) is 61.7 Å². The minimum absolute atomic E-state index is 0.0988. The summed E-state index contributed by atoms with van der Waals surface area (Å²) in [5, 5.41) is 0. The zero-order valence-electron chi connectivity index (χ0n) is 17.1. The van der Waals surface area contributed by atoms with Crippen molar-refractivity contribution >= 4 is 43.6 Å². The third-order valence-corrected chi connectivity index (χ3v) is 8.98. The van der Waals surface area contributed by atoms with Gasteiger partial charge in [-0.25, -0.2) is 8.42 Å². The molecule has 0 aromatic heterocycles. The first-order chi connectivity index (χ1) is 14.9. The minimum atomic E-state index is -3.68. The van der Waals surface area contributed by atoms with Crippen LogP contribution in [0.4, 0.5) is 0 Å². The summed E-state index contributed by atoms with van der Waals surface area (Å²) in [5.41, 5.74) is 0.448. The molecule has 4 rings (SSSR count). The van der Waals surface area contributed by atoms with Gasteiger partial charge in [-0.2, -0.15) is 4.31 Å². The summed E-state index contributed by atoms with van der Waals surface area (Å²) in [5.74, 6) is -0.0988. The van der Waals surface area contributed by atoms with Gasteiger partial charge in [-0.1, -0.05) is 27.7 Å². The molecule has 0 spiro atoms. The molecule has 2 aliphatic rings. The Labute approximate surface area is 196 Å². The van der Waals surface area contributed by atoms with Gasteiger partial charge >= 0.3 is 0 Å². The minimum Gasteiger partial charge on any atom is -0.379 e. The molecule has 166 valence electrons. The van der Waals surface area contributed by atoms with Gasteiger partial charge in [0.05, 0.1) is 23.7 Å². The van der Waals surface area contributed by atoms with Crippen LogP contribution in [-0.4, -0.2) is 62.9 Å². The molecular formula is C22H25BrN2O4S2. The average molecular weight is 525 g/mol. The van der Waals surface area contributed by atoms with Crippen molar-refractivity contribution in [1.29, 1.82) is 0 Å². The first kappa shape index (κ1) is 22.8. The van der Waals surface area contributed by atoms with Gasteiger partial charge in [0.2, 0.25) is 10.0 Å². The van der Waals surface area contributed by atoms with Crippen LogP contribution in [0.2, 0.25) is 0 Å². The number of hydrogen-bond donors (Lipinski definition) is 0. The number of piperidine rings is 1. The van der Waals surface area contributed by atoms with Crippen LogP contribution in [0.1, 0.15) is 29.6 Å². The highest BCUT2D eigenvalue weighted by Gasteiger charge is 2.29. The summed E-state index contributed by atoms with van der Waals surface area (Å²) >= 11 is 4.91. The number of carbonyl (C=O) groups excluding carboxylic acids is 1. The predicted molar refractivity (Wildman–Crippen MR) is 124 cm³/mol. The number of likely N-dealkylation sites (tertiary alicyclic amines) is 1. The second-order valence-electron chi connectivity index (χ2n) is 7.58. The first-order valence-electron chi connectivity index (χ1n) is 10.4. The third kappa shape index (κ3) is 5.34. The van der Waals surface area contributed by atoms with Crippen molar-refractivity contribution in [3.8, 4) is 0 Å². The molecule has 0 saturated carbocycles. The number of hydrogen-bond acceptors (Lipinski definition) is 5. The van der Waals surface area contributed by atoms with E-state index in [1.165, 1.54) is 16.1 Å². The van der Waals surface area contributed by atoms with Gasteiger partial charge in [0, 0.05) is 40.4 Å². The zero-order valence-corrected chi connectivity index (χ0v) is 20.3. The molecule has 2 heterocycles. The van der Waals surface area contributed by atoms with E-state index in [0.717, 1.165) is 33.5 Å². The lowest BCUT2D eigenvalue weighted by atomic mass is 10.1. The van der Waals surface area contributed by atoms with Crippen LogP contribution in [0, 0.1) is 0 Å². The van der Waals surface area contributed by atoms with Crippen molar-refractivity contribution in [1.82, 2.24) is 9.21 Å². The molecule has 0 radical (unpaired) electrons. The predicted octanol–water partition coefficient (Wildman–Crippen LogP) is 4.25. The standard InChI is InChI=1S/C22H25BrN2O4S2/c23-17-4-6-18(7-5-17)30-21-9-8-19(31(27,28)25-12-14-29-15-13-25)16-20(21)22(26)24-10-2-1-3-11-24/h4-9,16H,1-3,10-15H2. The molecule has 0 unspecified atom stereocenters. The van der Waals surface area contributed by atoms with Crippen molar-refractivity contribution in [2.24, 2.45) is 0 Å². The molecule has 2 aromatic carbocycles. The summed E-state index contributed by atoms with van der Waals surface area (Å²) in [6, 6.07) is 12.8. The quantitative estimate of drug-likeness (QED) is 0.584. The molecule has 2 saturated heterocycles. The van der Waals surface area contributed by atoms with E-state index < -0.39 is 10.0 Å². The van der Waals surface area contributed by atoms with Crippen LogP contribution < -0.4 is 0 Å². The highest BCUT2D eigenvalue weighted by Crippen LogP contribution is 2.34. The van der Waals surface area contributed by atoms with Crippen molar-refractivity contribution in [3.05, 3.63) is 52.5 Å². The summed E-state index contributed by atoms with van der Waals surface area (Å²) in [7, 11) is -3.68. The number of ether oxygens (including phenoxy) is 1. The Hall–Kier alpha value is -1.39. The van der Waals surface area contributed by atoms with E-state index in [4.69, 9.17) is 4.74 Å². The number of benzene rings is 2. The number of morpholine rings is 1. The molecule has 6 nitrogen and oxygen atoms in total. The van der Waals surface area contributed by atoms with Crippen LogP contribution >= 0.6 is 27.7 Å². The molecule has 2 aromatic rings. The van der Waals surface area contributed by atoms with E-state index >= 15 is 0 Å². The highest BCUT2D eigenvalue weighted by molar-refractivity contribution is 9.10. The molecule has 31 heavy (non-hydrogen) atoms. The third-order valence-electron chi connectivity index (χ3n) is 5.47. The molecule has 0 aliphatic carbocycles. The highest BCUT2D eigenvalue weighted by atomic mass is 79.9. The maximum absolute atomic E-state index is 13.4. The fourth-order valence-electron chi connectivity index (χ4n) is 3.76. The summed E-state index contributed by atoms with van der Waals surface area (Å²) in [6.45, 7) is 2.84. The molecule has 2 fully saturated rings. The van der Waals surface area contributed by atoms with Crippen LogP contribution in [0.25, 0.3) is 0 Å². The molecule has 0 atom stereocenters. The normalized spacial score (nSPS) is 18.2. The van der Waals surface area contributed by atoms with Crippen molar-refractivity contribution in [2.45, 2.75) is 33.9 Å². The van der Waals surface area contributed by atoms with Crippen LogP contribution in [0.3, 0.4) is 0 Å². The maximum atomic E-state index is 13.4. The van der Waals surface area contributed by atoms with Crippen molar-refractivity contribution < 1.29 is 17.9 Å². The molecule has 0 N–H and O–H groups in total. The van der Waals surface area contributed by atoms with Crippen LogP contribution in [-0.2, 0) is 14.8 Å². The Kier molecular flexibility index (Phi) is 7.38. The van der Waals surface area contributed by atoms with Gasteiger partial charge in [-0.3, -0.25) is 4.79 Å². The Morgan fingerprint density at radius 2 is 1.61 bits per heavy atom. The molecule has 2 aliphatic heterocycles. The van der Waals surface area contributed by atoms with E-state index in [9.17, 15) is 13.2 Å². The van der Waals surface area contributed by atoms with E-state index in [0.29, 0.717) is 45.0 Å². The van der Waals surface area contributed by atoms with Gasteiger partial charge in [0.25, 0.3) is 5.91 Å². The average Bonchev–Trinajstić information content (AvgIpc) is 2.81. The molecule has 1 amide bonds. The lowest BCUT2D eigenvalue weighted by molar-refractivity contribution is 0.0718. The fraction of sp³-hybridized carbons (Fsp3) is 0.409. The van der Waals surface area contributed by atoms with Gasteiger partial charge in [0.1, 0.15) is 0 Å². The van der Waals surface area contributed by atoms with Crippen molar-refractivity contribution in [2.75, 3.05) is 39.4 Å². The SMILES string of the molecule is O=C(c1cc(S(=O)(=O)N2CCOCC2)ccc1Sc1ccc(Br)cc1)N1CCCCC1. The van der Waals surface area contributed by atoms with Gasteiger partial charge < -0.3 is 9.64 Å². The Balaban J connectivity index is 1.70. The molecule has 0 bridgehead atoms. The lowest BCUT2D eigenvalue weighted by Crippen LogP contribution is -2.40. The van der Waals surface area contributed by atoms with Crippen LogP contribution in [0.5, 0.6) is 0 Å². The number of carbonyl (C=O) groups is 1. The van der Waals surface area contributed by atoms with E-state index in [1.54, 1.807) is 18.2 Å².